The Morgan fingerprint density at radius 1 is 1.50 bits per heavy atom. The molecule has 1 aromatic heterocycles. The zero-order valence-corrected chi connectivity index (χ0v) is 13.2. The van der Waals surface area contributed by atoms with E-state index >= 15 is 0 Å². The Balaban J connectivity index is 1.97. The van der Waals surface area contributed by atoms with E-state index in [0.29, 0.717) is 13.1 Å². The molecule has 0 aromatic carbocycles. The summed E-state index contributed by atoms with van der Waals surface area (Å²) in [5, 5.41) is 5.21. The molecule has 0 saturated heterocycles. The molecule has 5 heteroatoms. The van der Waals surface area contributed by atoms with Crippen LogP contribution < -0.4 is 11.1 Å². The fraction of sp³-hybridized carbons (Fsp3) is 0.667. The summed E-state index contributed by atoms with van der Waals surface area (Å²) in [5.41, 5.74) is 5.55. The third kappa shape index (κ3) is 3.22. The minimum Gasteiger partial charge on any atom is -0.354 e. The van der Waals surface area contributed by atoms with Gasteiger partial charge in [-0.05, 0) is 38.4 Å². The van der Waals surface area contributed by atoms with Gasteiger partial charge in [0.1, 0.15) is 0 Å². The molecule has 1 saturated carbocycles. The summed E-state index contributed by atoms with van der Waals surface area (Å²) in [4.78, 5) is 15.9. The quantitative estimate of drug-likeness (QED) is 0.844. The number of hydrogen-bond donors (Lipinski definition) is 2. The molecule has 1 atom stereocenters. The SMILES string of the molecule is CN(C)C(CNC(=O)C1(CN)CCCC1)c1cccs1. The number of rotatable bonds is 6. The van der Waals surface area contributed by atoms with Gasteiger partial charge in [0, 0.05) is 18.0 Å². The Bertz CT molecular complexity index is 424. The summed E-state index contributed by atoms with van der Waals surface area (Å²) in [5.74, 6) is 0.140. The van der Waals surface area contributed by atoms with Crippen LogP contribution in [0.25, 0.3) is 0 Å². The number of nitrogens with zero attached hydrogens (tertiary/aromatic N) is 1. The molecule has 20 heavy (non-hydrogen) atoms. The van der Waals surface area contributed by atoms with E-state index in [2.05, 4.69) is 27.7 Å². The second kappa shape index (κ2) is 6.70. The van der Waals surface area contributed by atoms with Crippen molar-refractivity contribution in [2.75, 3.05) is 27.2 Å². The van der Waals surface area contributed by atoms with Gasteiger partial charge in [0.25, 0.3) is 0 Å². The maximum atomic E-state index is 12.5. The first-order valence-electron chi connectivity index (χ1n) is 7.27. The Labute approximate surface area is 125 Å². The van der Waals surface area contributed by atoms with Crippen LogP contribution >= 0.6 is 11.3 Å². The molecule has 1 fully saturated rings. The highest BCUT2D eigenvalue weighted by atomic mass is 32.1. The van der Waals surface area contributed by atoms with Gasteiger partial charge in [-0.1, -0.05) is 18.9 Å². The first-order valence-corrected chi connectivity index (χ1v) is 8.15. The van der Waals surface area contributed by atoms with Crippen molar-refractivity contribution in [1.82, 2.24) is 10.2 Å². The molecule has 1 aliphatic carbocycles. The second-order valence-corrected chi connectivity index (χ2v) is 6.88. The molecule has 4 nitrogen and oxygen atoms in total. The molecular formula is C15H25N3OS. The van der Waals surface area contributed by atoms with Crippen molar-refractivity contribution in [2.24, 2.45) is 11.1 Å². The van der Waals surface area contributed by atoms with Crippen LogP contribution in [0.15, 0.2) is 17.5 Å². The molecule has 3 N–H and O–H groups in total. The summed E-state index contributed by atoms with van der Waals surface area (Å²) < 4.78 is 0. The fourth-order valence-electron chi connectivity index (χ4n) is 2.97. The van der Waals surface area contributed by atoms with Crippen molar-refractivity contribution in [3.05, 3.63) is 22.4 Å². The number of carbonyl (C=O) groups excluding carboxylic acids is 1. The number of thiophene rings is 1. The molecule has 0 spiro atoms. The van der Waals surface area contributed by atoms with E-state index in [1.807, 2.05) is 14.1 Å². The first-order chi connectivity index (χ1) is 9.59. The van der Waals surface area contributed by atoms with Crippen LogP contribution in [0.2, 0.25) is 0 Å². The molecule has 0 aliphatic heterocycles. The van der Waals surface area contributed by atoms with Crippen molar-refractivity contribution in [2.45, 2.75) is 31.7 Å². The van der Waals surface area contributed by atoms with Gasteiger partial charge in [-0.2, -0.15) is 0 Å². The minimum atomic E-state index is -0.313. The zero-order chi connectivity index (χ0) is 14.6. The monoisotopic (exact) mass is 295 g/mol. The minimum absolute atomic E-state index is 0.140. The molecule has 1 aromatic rings. The summed E-state index contributed by atoms with van der Waals surface area (Å²) in [6.07, 6.45) is 4.10. The maximum absolute atomic E-state index is 12.5. The summed E-state index contributed by atoms with van der Waals surface area (Å²) >= 11 is 1.73. The summed E-state index contributed by atoms with van der Waals surface area (Å²) in [7, 11) is 4.09. The van der Waals surface area contributed by atoms with Crippen LogP contribution in [0, 0.1) is 5.41 Å². The van der Waals surface area contributed by atoms with Crippen LogP contribution in [0.3, 0.4) is 0 Å². The Morgan fingerprint density at radius 3 is 2.70 bits per heavy atom. The fourth-order valence-corrected chi connectivity index (χ4v) is 3.89. The molecule has 2 rings (SSSR count). The van der Waals surface area contributed by atoms with E-state index in [4.69, 9.17) is 5.73 Å². The lowest BCUT2D eigenvalue weighted by atomic mass is 9.85. The lowest BCUT2D eigenvalue weighted by molar-refractivity contribution is -0.130. The van der Waals surface area contributed by atoms with Crippen molar-refractivity contribution < 1.29 is 4.79 Å². The van der Waals surface area contributed by atoms with Gasteiger partial charge in [-0.25, -0.2) is 0 Å². The molecule has 112 valence electrons. The van der Waals surface area contributed by atoms with Crippen molar-refractivity contribution in [1.29, 1.82) is 0 Å². The number of carbonyl (C=O) groups is 1. The number of likely N-dealkylation sites (N-methyl/N-ethyl adjacent to an activating group) is 1. The van der Waals surface area contributed by atoms with E-state index in [1.165, 1.54) is 4.88 Å². The summed E-state index contributed by atoms with van der Waals surface area (Å²) in [6, 6.07) is 4.40. The van der Waals surface area contributed by atoms with E-state index in [-0.39, 0.29) is 17.4 Å². The van der Waals surface area contributed by atoms with Gasteiger partial charge in [0.2, 0.25) is 5.91 Å². The topological polar surface area (TPSA) is 58.4 Å². The molecular weight excluding hydrogens is 270 g/mol. The smallest absolute Gasteiger partial charge is 0.227 e. The third-order valence-electron chi connectivity index (χ3n) is 4.38. The predicted molar refractivity (Wildman–Crippen MR) is 83.7 cm³/mol. The van der Waals surface area contributed by atoms with Gasteiger partial charge in [0.15, 0.2) is 0 Å². The highest BCUT2D eigenvalue weighted by molar-refractivity contribution is 7.10. The predicted octanol–water partition coefficient (Wildman–Crippen LogP) is 1.99. The molecule has 1 unspecified atom stereocenters. The largest absolute Gasteiger partial charge is 0.354 e. The highest BCUT2D eigenvalue weighted by Crippen LogP contribution is 2.37. The van der Waals surface area contributed by atoms with Gasteiger partial charge >= 0.3 is 0 Å². The van der Waals surface area contributed by atoms with Crippen LogP contribution in [-0.4, -0.2) is 38.0 Å². The van der Waals surface area contributed by atoms with E-state index in [9.17, 15) is 4.79 Å². The summed E-state index contributed by atoms with van der Waals surface area (Å²) in [6.45, 7) is 1.11. The maximum Gasteiger partial charge on any atom is 0.227 e. The lowest BCUT2D eigenvalue weighted by Crippen LogP contribution is -2.46. The number of hydrogen-bond acceptors (Lipinski definition) is 4. The number of nitrogens with one attached hydrogen (secondary N) is 1. The van der Waals surface area contributed by atoms with Crippen LogP contribution in [0.4, 0.5) is 0 Å². The third-order valence-corrected chi connectivity index (χ3v) is 5.36. The molecule has 0 radical (unpaired) electrons. The first kappa shape index (κ1) is 15.5. The van der Waals surface area contributed by atoms with Crippen LogP contribution in [0.1, 0.15) is 36.6 Å². The zero-order valence-electron chi connectivity index (χ0n) is 12.4. The van der Waals surface area contributed by atoms with Crippen LogP contribution in [-0.2, 0) is 4.79 Å². The van der Waals surface area contributed by atoms with Crippen molar-refractivity contribution >= 4 is 17.2 Å². The Kier molecular flexibility index (Phi) is 5.18. The van der Waals surface area contributed by atoms with Crippen molar-refractivity contribution in [3.8, 4) is 0 Å². The molecule has 1 aliphatic rings. The number of amides is 1. The van der Waals surface area contributed by atoms with E-state index < -0.39 is 0 Å². The van der Waals surface area contributed by atoms with Crippen molar-refractivity contribution in [3.63, 3.8) is 0 Å². The highest BCUT2D eigenvalue weighted by Gasteiger charge is 2.39. The van der Waals surface area contributed by atoms with E-state index in [1.54, 1.807) is 11.3 Å². The lowest BCUT2D eigenvalue weighted by Gasteiger charge is -2.29. The molecule has 1 heterocycles. The van der Waals surface area contributed by atoms with Gasteiger partial charge < -0.3 is 16.0 Å². The van der Waals surface area contributed by atoms with Gasteiger partial charge in [-0.3, -0.25) is 4.79 Å². The standard InChI is InChI=1S/C15H25N3OS/c1-18(2)12(13-6-5-9-20-13)10-17-14(19)15(11-16)7-3-4-8-15/h5-6,9,12H,3-4,7-8,10-11,16H2,1-2H3,(H,17,19). The Morgan fingerprint density at radius 2 is 2.20 bits per heavy atom. The average molecular weight is 295 g/mol. The van der Waals surface area contributed by atoms with E-state index in [0.717, 1.165) is 25.7 Å². The van der Waals surface area contributed by atoms with Crippen LogP contribution in [0.5, 0.6) is 0 Å². The average Bonchev–Trinajstić information content (AvgIpc) is 3.10. The number of nitrogens with two attached hydrogens (primary N) is 1. The van der Waals surface area contributed by atoms with Gasteiger partial charge in [-0.15, -0.1) is 11.3 Å². The molecule has 0 bridgehead atoms. The van der Waals surface area contributed by atoms with Gasteiger partial charge in [0.05, 0.1) is 11.5 Å². The second-order valence-electron chi connectivity index (χ2n) is 5.90. The normalized spacial score (nSPS) is 19.2. The molecule has 1 amide bonds. The Hall–Kier alpha value is -0.910.